The number of phenolic OH excluding ortho intramolecular Hbond substituents is 1. The molecular formula is C29H26N2O7. The van der Waals surface area contributed by atoms with E-state index in [1.807, 2.05) is 13.8 Å². The number of phenols is 1. The maximum absolute atomic E-state index is 13.9. The van der Waals surface area contributed by atoms with Gasteiger partial charge in [-0.2, -0.15) is 0 Å². The maximum Gasteiger partial charge on any atom is 0.235 e. The Morgan fingerprint density at radius 2 is 1.87 bits per heavy atom. The first-order valence-corrected chi connectivity index (χ1v) is 12.5. The van der Waals surface area contributed by atoms with Gasteiger partial charge in [0.05, 0.1) is 17.0 Å². The van der Waals surface area contributed by atoms with Crippen LogP contribution in [0.2, 0.25) is 0 Å². The second-order valence-corrected chi connectivity index (χ2v) is 10.6. The quantitative estimate of drug-likeness (QED) is 0.398. The summed E-state index contributed by atoms with van der Waals surface area (Å²) < 4.78 is 0. The molecule has 1 amide bonds. The molecule has 1 aromatic carbocycles. The van der Waals surface area contributed by atoms with E-state index in [1.165, 1.54) is 0 Å². The van der Waals surface area contributed by atoms with Crippen molar-refractivity contribution in [1.82, 2.24) is 4.98 Å². The minimum absolute atomic E-state index is 0.0468. The molecule has 0 saturated heterocycles. The number of fused-ring (bicyclic) bond motifs is 3. The Morgan fingerprint density at radius 1 is 1.13 bits per heavy atom. The van der Waals surface area contributed by atoms with Crippen molar-refractivity contribution in [3.8, 4) is 17.6 Å². The molecule has 2 aromatic rings. The molecule has 2 fully saturated rings. The minimum atomic E-state index is -2.67. The maximum atomic E-state index is 13.9. The first-order valence-electron chi connectivity index (χ1n) is 12.5. The van der Waals surface area contributed by atoms with Gasteiger partial charge in [-0.3, -0.25) is 24.0 Å². The van der Waals surface area contributed by atoms with E-state index in [2.05, 4.69) is 16.8 Å². The van der Waals surface area contributed by atoms with Crippen LogP contribution in [0.25, 0.3) is 0 Å². The highest BCUT2D eigenvalue weighted by molar-refractivity contribution is 6.31. The molecule has 0 aliphatic heterocycles. The van der Waals surface area contributed by atoms with Crippen molar-refractivity contribution in [1.29, 1.82) is 0 Å². The number of Topliss-reactive ketones (excluding diaryl/α,β-unsaturated/α-hetero) is 4. The fourth-order valence-electron chi connectivity index (χ4n) is 6.24. The molecule has 3 aliphatic carbocycles. The van der Waals surface area contributed by atoms with Gasteiger partial charge in [-0.25, -0.2) is 4.98 Å². The third kappa shape index (κ3) is 3.67. The van der Waals surface area contributed by atoms with Crippen LogP contribution in [0.4, 0.5) is 0 Å². The Labute approximate surface area is 218 Å². The second-order valence-electron chi connectivity index (χ2n) is 10.6. The van der Waals surface area contributed by atoms with Crippen LogP contribution in [-0.4, -0.2) is 49.8 Å². The lowest BCUT2D eigenvalue weighted by atomic mass is 9.53. The number of benzene rings is 1. The summed E-state index contributed by atoms with van der Waals surface area (Å²) in [6, 6.07) is 6.94. The number of hydrogen-bond acceptors (Lipinski definition) is 8. The van der Waals surface area contributed by atoms with Crippen LogP contribution < -0.4 is 5.73 Å². The summed E-state index contributed by atoms with van der Waals surface area (Å²) in [5.74, 6) is -4.68. The molecule has 194 valence electrons. The highest BCUT2D eigenvalue weighted by Crippen LogP contribution is 2.51. The Hall–Kier alpha value is -4.16. The fraction of sp³-hybridized carbons (Fsp3) is 0.379. The highest BCUT2D eigenvalue weighted by Gasteiger charge is 2.66. The summed E-state index contributed by atoms with van der Waals surface area (Å²) in [5, 5.41) is 22.5. The predicted octanol–water partition coefficient (Wildman–Crippen LogP) is 1.25. The average Bonchev–Trinajstić information content (AvgIpc) is 2.86. The van der Waals surface area contributed by atoms with Crippen molar-refractivity contribution in [2.45, 2.75) is 44.6 Å². The third-order valence-corrected chi connectivity index (χ3v) is 8.05. The number of hydrogen-bond donors (Lipinski definition) is 3. The third-order valence-electron chi connectivity index (χ3n) is 8.05. The average molecular weight is 515 g/mol. The molecule has 1 heterocycles. The number of amides is 1. The Bertz CT molecular complexity index is 1480. The van der Waals surface area contributed by atoms with Crippen LogP contribution in [0.15, 0.2) is 30.5 Å². The van der Waals surface area contributed by atoms with Gasteiger partial charge in [-0.1, -0.05) is 25.8 Å². The molecule has 9 heteroatoms. The molecular weight excluding hydrogens is 488 g/mol. The molecule has 3 aliphatic rings. The van der Waals surface area contributed by atoms with Gasteiger partial charge in [0.15, 0.2) is 34.7 Å². The number of carbonyl (C=O) groups excluding carboxylic acids is 5. The number of aromatic nitrogens is 1. The molecule has 9 nitrogen and oxygen atoms in total. The SMILES string of the molecule is CC(C)c1cc(C#Cc2ccccn2)c(O)c2c1C[C@H]1C[C@H]3CC(=O)C(C(N)=O)C(=O)[C@@]3(O)C(=O)C1C2=O. The van der Waals surface area contributed by atoms with Gasteiger partial charge < -0.3 is 15.9 Å². The van der Waals surface area contributed by atoms with Gasteiger partial charge in [-0.15, -0.1) is 0 Å². The van der Waals surface area contributed by atoms with Crippen molar-refractivity contribution in [3.63, 3.8) is 0 Å². The Morgan fingerprint density at radius 3 is 2.50 bits per heavy atom. The summed E-state index contributed by atoms with van der Waals surface area (Å²) in [6.07, 6.45) is 1.51. The van der Waals surface area contributed by atoms with Crippen LogP contribution >= 0.6 is 0 Å². The zero-order valence-corrected chi connectivity index (χ0v) is 20.9. The highest BCUT2D eigenvalue weighted by atomic mass is 16.3. The minimum Gasteiger partial charge on any atom is -0.506 e. The van der Waals surface area contributed by atoms with Crippen LogP contribution in [0, 0.1) is 35.5 Å². The van der Waals surface area contributed by atoms with Crippen molar-refractivity contribution in [3.05, 3.63) is 58.4 Å². The van der Waals surface area contributed by atoms with E-state index in [0.29, 0.717) is 11.3 Å². The van der Waals surface area contributed by atoms with E-state index in [4.69, 9.17) is 5.73 Å². The molecule has 5 rings (SSSR count). The van der Waals surface area contributed by atoms with E-state index >= 15 is 0 Å². The monoisotopic (exact) mass is 514 g/mol. The van der Waals surface area contributed by atoms with E-state index in [1.54, 1.807) is 30.5 Å². The molecule has 0 bridgehead atoms. The van der Waals surface area contributed by atoms with Crippen LogP contribution in [0.1, 0.15) is 65.3 Å². The molecule has 38 heavy (non-hydrogen) atoms. The summed E-state index contributed by atoms with van der Waals surface area (Å²) in [4.78, 5) is 69.1. The number of primary amides is 1. The van der Waals surface area contributed by atoms with Crippen molar-refractivity contribution < 1.29 is 34.2 Å². The number of nitrogens with two attached hydrogens (primary N) is 1. The number of aromatic hydroxyl groups is 1. The predicted molar refractivity (Wildman–Crippen MR) is 133 cm³/mol. The Kier molecular flexibility index (Phi) is 6.03. The van der Waals surface area contributed by atoms with Gasteiger partial charge in [-0.05, 0) is 59.9 Å². The molecule has 5 atom stereocenters. The van der Waals surface area contributed by atoms with Crippen molar-refractivity contribution in [2.75, 3.05) is 0 Å². The lowest BCUT2D eigenvalue weighted by Crippen LogP contribution is -2.68. The Balaban J connectivity index is 1.62. The molecule has 0 radical (unpaired) electrons. The first kappa shape index (κ1) is 25.5. The van der Waals surface area contributed by atoms with E-state index in [0.717, 1.165) is 5.56 Å². The van der Waals surface area contributed by atoms with E-state index in [9.17, 15) is 34.2 Å². The summed E-state index contributed by atoms with van der Waals surface area (Å²) >= 11 is 0. The first-order chi connectivity index (χ1) is 18.0. The van der Waals surface area contributed by atoms with Crippen LogP contribution in [0.3, 0.4) is 0 Å². The summed E-state index contributed by atoms with van der Waals surface area (Å²) in [5.41, 5.74) is 4.54. The summed E-state index contributed by atoms with van der Waals surface area (Å²) in [6.45, 7) is 3.87. The summed E-state index contributed by atoms with van der Waals surface area (Å²) in [7, 11) is 0. The molecule has 2 unspecified atom stereocenters. The van der Waals surface area contributed by atoms with Crippen molar-refractivity contribution in [2.24, 2.45) is 29.4 Å². The number of pyridine rings is 1. The standard InChI is InChI=1S/C29H26N2O7/c1-13(2)18-10-14(6-7-17-5-3-4-8-31-17)24(33)22-19(18)11-15-9-16-12-20(32)23(28(30)37)27(36)29(16,38)26(35)21(15)25(22)34/h3-5,8,10,13,15-16,21,23,33,38H,9,11-12H2,1-2H3,(H2,30,37)/t15-,16+,21?,23?,29+/m1/s1. The number of aliphatic hydroxyl groups is 1. The number of ketones is 4. The number of carbonyl (C=O) groups is 5. The zero-order valence-electron chi connectivity index (χ0n) is 20.9. The molecule has 2 saturated carbocycles. The number of nitrogens with zero attached hydrogens (tertiary/aromatic N) is 1. The van der Waals surface area contributed by atoms with E-state index < -0.39 is 58.3 Å². The molecule has 0 spiro atoms. The van der Waals surface area contributed by atoms with Crippen LogP contribution in [0.5, 0.6) is 5.75 Å². The van der Waals surface area contributed by atoms with Crippen molar-refractivity contribution >= 4 is 29.0 Å². The van der Waals surface area contributed by atoms with Gasteiger partial charge in [0.1, 0.15) is 11.4 Å². The van der Waals surface area contributed by atoms with Gasteiger partial charge in [0.2, 0.25) is 5.91 Å². The zero-order chi connectivity index (χ0) is 27.5. The fourth-order valence-corrected chi connectivity index (χ4v) is 6.24. The topological polar surface area (TPSA) is 165 Å². The van der Waals surface area contributed by atoms with Gasteiger partial charge in [0, 0.05) is 18.5 Å². The number of rotatable bonds is 2. The smallest absolute Gasteiger partial charge is 0.235 e. The normalized spacial score (nSPS) is 28.2. The van der Waals surface area contributed by atoms with Gasteiger partial charge >= 0.3 is 0 Å². The lowest BCUT2D eigenvalue weighted by Gasteiger charge is -2.48. The van der Waals surface area contributed by atoms with Crippen LogP contribution in [-0.2, 0) is 25.6 Å². The second kappa shape index (κ2) is 8.99. The largest absolute Gasteiger partial charge is 0.506 e. The molecule has 1 aromatic heterocycles. The van der Waals surface area contributed by atoms with Gasteiger partial charge in [0.25, 0.3) is 0 Å². The van der Waals surface area contributed by atoms with E-state index in [-0.39, 0.29) is 42.1 Å². The molecule has 4 N–H and O–H groups in total. The lowest BCUT2D eigenvalue weighted by molar-refractivity contribution is -0.175.